The Morgan fingerprint density at radius 2 is 2.12 bits per heavy atom. The highest BCUT2D eigenvalue weighted by Crippen LogP contribution is 2.49. The summed E-state index contributed by atoms with van der Waals surface area (Å²) in [5.74, 6) is -0.429. The van der Waals surface area contributed by atoms with Crippen LogP contribution in [0.2, 0.25) is 0 Å². The number of carbonyl (C=O) groups excluding carboxylic acids is 2. The van der Waals surface area contributed by atoms with E-state index >= 15 is 0 Å². The Bertz CT molecular complexity index is 852. The molecule has 0 radical (unpaired) electrons. The first-order valence-electron chi connectivity index (χ1n) is 7.45. The fourth-order valence-electron chi connectivity index (χ4n) is 3.20. The molecule has 1 aromatic rings. The normalized spacial score (nSPS) is 24.5. The Morgan fingerprint density at radius 3 is 2.88 bits per heavy atom. The summed E-state index contributed by atoms with van der Waals surface area (Å²) in [4.78, 5) is 29.9. The second kappa shape index (κ2) is 5.26. The van der Waals surface area contributed by atoms with Gasteiger partial charge < -0.3 is 9.64 Å². The van der Waals surface area contributed by atoms with Gasteiger partial charge in [-0.1, -0.05) is 12.1 Å². The van der Waals surface area contributed by atoms with Crippen molar-refractivity contribution in [3.63, 3.8) is 0 Å². The van der Waals surface area contributed by atoms with Crippen molar-refractivity contribution in [1.82, 2.24) is 4.90 Å². The Kier molecular flexibility index (Phi) is 3.19. The third-order valence-electron chi connectivity index (χ3n) is 4.39. The Morgan fingerprint density at radius 1 is 1.33 bits per heavy atom. The lowest BCUT2D eigenvalue weighted by Gasteiger charge is -2.36. The SMILES string of the molecule is O=CC1=NC2=COCC(=O)C23C=CN(Cc2ccc(F)cc2)C3=C1. The first kappa shape index (κ1) is 14.6. The van der Waals surface area contributed by atoms with Crippen LogP contribution in [-0.4, -0.2) is 29.3 Å². The third kappa shape index (κ3) is 2.03. The number of rotatable bonds is 3. The van der Waals surface area contributed by atoms with Crippen molar-refractivity contribution in [1.29, 1.82) is 0 Å². The monoisotopic (exact) mass is 324 g/mol. The smallest absolute Gasteiger partial charge is 0.192 e. The molecule has 1 spiro atoms. The van der Waals surface area contributed by atoms with Gasteiger partial charge in [-0.05, 0) is 29.8 Å². The van der Waals surface area contributed by atoms with Gasteiger partial charge in [-0.15, -0.1) is 0 Å². The number of dihydropyridines is 1. The minimum Gasteiger partial charge on any atom is -0.491 e. The molecule has 0 saturated heterocycles. The summed E-state index contributed by atoms with van der Waals surface area (Å²) >= 11 is 0. The fourth-order valence-corrected chi connectivity index (χ4v) is 3.20. The van der Waals surface area contributed by atoms with Crippen molar-refractivity contribution in [3.05, 3.63) is 71.7 Å². The average Bonchev–Trinajstić information content (AvgIpc) is 2.95. The van der Waals surface area contributed by atoms with E-state index in [1.54, 1.807) is 30.5 Å². The van der Waals surface area contributed by atoms with Crippen LogP contribution >= 0.6 is 0 Å². The predicted molar refractivity (Wildman–Crippen MR) is 84.1 cm³/mol. The highest BCUT2D eigenvalue weighted by Gasteiger charge is 2.52. The van der Waals surface area contributed by atoms with E-state index in [2.05, 4.69) is 4.99 Å². The van der Waals surface area contributed by atoms with Gasteiger partial charge >= 0.3 is 0 Å². The molecule has 3 aliphatic heterocycles. The zero-order chi connectivity index (χ0) is 16.7. The van der Waals surface area contributed by atoms with Crippen molar-refractivity contribution >= 4 is 17.8 Å². The van der Waals surface area contributed by atoms with Gasteiger partial charge in [0.15, 0.2) is 12.1 Å². The van der Waals surface area contributed by atoms with Crippen LogP contribution in [0, 0.1) is 11.2 Å². The zero-order valence-corrected chi connectivity index (χ0v) is 12.6. The van der Waals surface area contributed by atoms with Gasteiger partial charge in [-0.25, -0.2) is 9.38 Å². The molecular formula is C18H13FN2O3. The first-order valence-corrected chi connectivity index (χ1v) is 7.45. The number of ether oxygens (including phenoxy) is 1. The maximum atomic E-state index is 13.1. The van der Waals surface area contributed by atoms with Crippen LogP contribution in [-0.2, 0) is 20.9 Å². The van der Waals surface area contributed by atoms with Crippen molar-refractivity contribution in [3.8, 4) is 0 Å². The number of allylic oxidation sites excluding steroid dienone is 1. The van der Waals surface area contributed by atoms with Crippen molar-refractivity contribution in [2.45, 2.75) is 6.54 Å². The van der Waals surface area contributed by atoms with Gasteiger partial charge in [0.25, 0.3) is 0 Å². The molecule has 1 unspecified atom stereocenters. The molecule has 0 aromatic heterocycles. The molecule has 0 bridgehead atoms. The maximum Gasteiger partial charge on any atom is 0.192 e. The van der Waals surface area contributed by atoms with E-state index in [1.807, 2.05) is 4.90 Å². The van der Waals surface area contributed by atoms with Crippen LogP contribution in [0.4, 0.5) is 4.39 Å². The lowest BCUT2D eigenvalue weighted by atomic mass is 9.76. The van der Waals surface area contributed by atoms with E-state index < -0.39 is 5.41 Å². The minimum atomic E-state index is -0.995. The van der Waals surface area contributed by atoms with Crippen molar-refractivity contribution in [2.24, 2.45) is 10.4 Å². The number of hydrogen-bond donors (Lipinski definition) is 0. The van der Waals surface area contributed by atoms with Crippen LogP contribution in [0.5, 0.6) is 0 Å². The highest BCUT2D eigenvalue weighted by atomic mass is 19.1. The van der Waals surface area contributed by atoms with Crippen LogP contribution in [0.3, 0.4) is 0 Å². The fraction of sp³-hybridized carbons (Fsp3) is 0.167. The Labute approximate surface area is 137 Å². The molecule has 1 atom stereocenters. The van der Waals surface area contributed by atoms with Crippen LogP contribution in [0.15, 0.2) is 65.3 Å². The van der Waals surface area contributed by atoms with Gasteiger partial charge in [0.2, 0.25) is 0 Å². The van der Waals surface area contributed by atoms with Crippen LogP contribution in [0.1, 0.15) is 5.56 Å². The number of hydrogen-bond acceptors (Lipinski definition) is 5. The summed E-state index contributed by atoms with van der Waals surface area (Å²) in [6.07, 6.45) is 7.28. The molecule has 24 heavy (non-hydrogen) atoms. The molecule has 0 saturated carbocycles. The highest BCUT2D eigenvalue weighted by molar-refractivity contribution is 6.35. The van der Waals surface area contributed by atoms with E-state index in [0.717, 1.165) is 5.56 Å². The van der Waals surface area contributed by atoms with Crippen molar-refractivity contribution < 1.29 is 18.7 Å². The van der Waals surface area contributed by atoms with Gasteiger partial charge in [-0.2, -0.15) is 0 Å². The molecule has 5 nitrogen and oxygen atoms in total. The lowest BCUT2D eigenvalue weighted by molar-refractivity contribution is -0.128. The average molecular weight is 324 g/mol. The molecule has 0 amide bonds. The molecule has 3 aliphatic rings. The number of aliphatic imine (C=N–C) groups is 1. The molecule has 0 N–H and O–H groups in total. The summed E-state index contributed by atoms with van der Waals surface area (Å²) < 4.78 is 18.2. The second-order valence-corrected chi connectivity index (χ2v) is 5.80. The quantitative estimate of drug-likeness (QED) is 0.799. The lowest BCUT2D eigenvalue weighted by Crippen LogP contribution is -2.41. The predicted octanol–water partition coefficient (Wildman–Crippen LogP) is 2.12. The molecule has 1 aromatic carbocycles. The Hall–Kier alpha value is -3.02. The topological polar surface area (TPSA) is 59.0 Å². The van der Waals surface area contributed by atoms with Gasteiger partial charge in [0.1, 0.15) is 29.8 Å². The van der Waals surface area contributed by atoms with Crippen molar-refractivity contribution in [2.75, 3.05) is 6.61 Å². The largest absolute Gasteiger partial charge is 0.491 e. The van der Waals surface area contributed by atoms with Gasteiger partial charge in [0, 0.05) is 18.4 Å². The molecule has 4 rings (SSSR count). The number of halogens is 1. The number of carbonyl (C=O) groups is 2. The zero-order valence-electron chi connectivity index (χ0n) is 12.6. The molecular weight excluding hydrogens is 311 g/mol. The Balaban J connectivity index is 1.75. The summed E-state index contributed by atoms with van der Waals surface area (Å²) in [5, 5.41) is 0. The van der Waals surface area contributed by atoms with E-state index in [4.69, 9.17) is 4.74 Å². The summed E-state index contributed by atoms with van der Waals surface area (Å²) in [6, 6.07) is 6.16. The summed E-state index contributed by atoms with van der Waals surface area (Å²) in [5.41, 5.74) is 1.21. The maximum absolute atomic E-state index is 13.1. The third-order valence-corrected chi connectivity index (χ3v) is 4.39. The van der Waals surface area contributed by atoms with E-state index in [1.165, 1.54) is 18.4 Å². The summed E-state index contributed by atoms with van der Waals surface area (Å²) in [7, 11) is 0. The molecule has 0 fully saturated rings. The second-order valence-electron chi connectivity index (χ2n) is 5.80. The molecule has 0 aliphatic carbocycles. The van der Waals surface area contributed by atoms with E-state index in [9.17, 15) is 14.0 Å². The van der Waals surface area contributed by atoms with E-state index in [0.29, 0.717) is 24.2 Å². The standard InChI is InChI=1S/C18H13FN2O3/c19-13-3-1-12(2-4-13)8-21-6-5-18-15(10-24-11-17(18)23)20-14(9-22)7-16(18)21/h1-7,9-10H,8,11H2. The molecule has 3 heterocycles. The van der Waals surface area contributed by atoms with E-state index in [-0.39, 0.29) is 23.9 Å². The van der Waals surface area contributed by atoms with Gasteiger partial charge in [-0.3, -0.25) is 9.59 Å². The van der Waals surface area contributed by atoms with Crippen LogP contribution < -0.4 is 0 Å². The molecule has 6 heteroatoms. The number of nitrogens with zero attached hydrogens (tertiary/aromatic N) is 2. The van der Waals surface area contributed by atoms with Gasteiger partial charge in [0.05, 0.1) is 5.70 Å². The number of Topliss-reactive ketones (excluding diaryl/α,β-unsaturated/α-hetero) is 1. The first-order chi connectivity index (χ1) is 11.6. The number of aldehydes is 1. The molecule has 120 valence electrons. The number of ketones is 1. The minimum absolute atomic E-state index is 0.0402. The summed E-state index contributed by atoms with van der Waals surface area (Å²) in [6.45, 7) is 0.416. The number of benzene rings is 1. The van der Waals surface area contributed by atoms with Crippen LogP contribution in [0.25, 0.3) is 0 Å².